The standard InChI is InChI=1S/C21H19F5N4O/c1-12(2)19-16(20(31)29(3)11-13-4-6-15(22)8-17(13)23)10-28-30(19)18-7-5-14(9-27-18)21(24,25)26/h4-10,12H,11H2,1-3H3. The molecule has 0 N–H and O–H groups in total. The lowest BCUT2D eigenvalue weighted by molar-refractivity contribution is -0.137. The Labute approximate surface area is 175 Å². The first-order valence-corrected chi connectivity index (χ1v) is 9.30. The Morgan fingerprint density at radius 2 is 1.84 bits per heavy atom. The number of halogens is 5. The second kappa shape index (κ2) is 8.44. The molecule has 0 unspecified atom stereocenters. The van der Waals surface area contributed by atoms with Crippen LogP contribution in [0.2, 0.25) is 0 Å². The number of benzene rings is 1. The van der Waals surface area contributed by atoms with E-state index in [1.807, 2.05) is 0 Å². The summed E-state index contributed by atoms with van der Waals surface area (Å²) < 4.78 is 66.8. The van der Waals surface area contributed by atoms with Gasteiger partial charge in [-0.15, -0.1) is 0 Å². The third-order valence-electron chi connectivity index (χ3n) is 4.65. The lowest BCUT2D eigenvalue weighted by Gasteiger charge is -2.19. The van der Waals surface area contributed by atoms with Crippen molar-refractivity contribution in [1.82, 2.24) is 19.7 Å². The summed E-state index contributed by atoms with van der Waals surface area (Å²) in [6, 6.07) is 5.16. The molecular weight excluding hydrogens is 419 g/mol. The van der Waals surface area contributed by atoms with Crippen LogP contribution in [0.15, 0.2) is 42.7 Å². The maximum absolute atomic E-state index is 13.9. The van der Waals surface area contributed by atoms with E-state index in [-0.39, 0.29) is 29.4 Å². The second-order valence-electron chi connectivity index (χ2n) is 7.31. The van der Waals surface area contributed by atoms with E-state index in [2.05, 4.69) is 10.1 Å². The lowest BCUT2D eigenvalue weighted by atomic mass is 10.0. The van der Waals surface area contributed by atoms with Gasteiger partial charge in [-0.25, -0.2) is 18.4 Å². The predicted octanol–water partition coefficient (Wildman–Crippen LogP) is 4.96. The first kappa shape index (κ1) is 22.4. The van der Waals surface area contributed by atoms with Gasteiger partial charge in [-0.2, -0.15) is 18.3 Å². The molecule has 0 radical (unpaired) electrons. The minimum Gasteiger partial charge on any atom is -0.337 e. The number of hydrogen-bond acceptors (Lipinski definition) is 3. The topological polar surface area (TPSA) is 51.0 Å². The number of rotatable bonds is 5. The molecule has 164 valence electrons. The van der Waals surface area contributed by atoms with Crippen LogP contribution in [-0.4, -0.2) is 32.6 Å². The number of carbonyl (C=O) groups excluding carboxylic acids is 1. The molecule has 0 fully saturated rings. The van der Waals surface area contributed by atoms with Crippen molar-refractivity contribution < 1.29 is 26.7 Å². The average Bonchev–Trinajstić information content (AvgIpc) is 3.14. The van der Waals surface area contributed by atoms with Crippen molar-refractivity contribution in [3.63, 3.8) is 0 Å². The monoisotopic (exact) mass is 438 g/mol. The van der Waals surface area contributed by atoms with Crippen molar-refractivity contribution >= 4 is 5.91 Å². The Bertz CT molecular complexity index is 1090. The van der Waals surface area contributed by atoms with Gasteiger partial charge in [0.25, 0.3) is 5.91 Å². The van der Waals surface area contributed by atoms with E-state index in [0.717, 1.165) is 18.2 Å². The Hall–Kier alpha value is -3.30. The molecule has 0 aliphatic carbocycles. The Morgan fingerprint density at radius 1 is 1.13 bits per heavy atom. The van der Waals surface area contributed by atoms with Crippen LogP contribution in [0, 0.1) is 11.6 Å². The number of amides is 1. The molecular formula is C21H19F5N4O. The molecule has 5 nitrogen and oxygen atoms in total. The van der Waals surface area contributed by atoms with Gasteiger partial charge in [-0.3, -0.25) is 4.79 Å². The average molecular weight is 438 g/mol. The van der Waals surface area contributed by atoms with E-state index in [0.29, 0.717) is 11.9 Å². The van der Waals surface area contributed by atoms with Crippen LogP contribution >= 0.6 is 0 Å². The molecule has 10 heteroatoms. The molecule has 0 bridgehead atoms. The molecule has 2 heterocycles. The summed E-state index contributed by atoms with van der Waals surface area (Å²) in [5.41, 5.74) is -0.0996. The largest absolute Gasteiger partial charge is 0.417 e. The van der Waals surface area contributed by atoms with Gasteiger partial charge in [0.15, 0.2) is 5.82 Å². The maximum atomic E-state index is 13.9. The second-order valence-corrected chi connectivity index (χ2v) is 7.31. The van der Waals surface area contributed by atoms with Crippen LogP contribution in [0.4, 0.5) is 22.0 Å². The smallest absolute Gasteiger partial charge is 0.337 e. The van der Waals surface area contributed by atoms with E-state index in [1.165, 1.54) is 35.0 Å². The van der Waals surface area contributed by atoms with Gasteiger partial charge in [-0.1, -0.05) is 19.9 Å². The first-order valence-electron chi connectivity index (χ1n) is 9.30. The van der Waals surface area contributed by atoms with E-state index in [9.17, 15) is 26.7 Å². The Balaban J connectivity index is 1.91. The molecule has 31 heavy (non-hydrogen) atoms. The predicted molar refractivity (Wildman–Crippen MR) is 103 cm³/mol. The van der Waals surface area contributed by atoms with Crippen LogP contribution in [-0.2, 0) is 12.7 Å². The van der Waals surface area contributed by atoms with Crippen molar-refractivity contribution in [3.8, 4) is 5.82 Å². The zero-order valence-corrected chi connectivity index (χ0v) is 16.9. The van der Waals surface area contributed by atoms with Crippen LogP contribution in [0.25, 0.3) is 5.82 Å². The van der Waals surface area contributed by atoms with Crippen molar-refractivity contribution in [3.05, 3.63) is 76.7 Å². The zero-order chi connectivity index (χ0) is 22.9. The number of nitrogens with zero attached hydrogens (tertiary/aromatic N) is 4. The molecule has 0 saturated heterocycles. The highest BCUT2D eigenvalue weighted by molar-refractivity contribution is 5.95. The molecule has 3 rings (SSSR count). The Morgan fingerprint density at radius 3 is 2.39 bits per heavy atom. The summed E-state index contributed by atoms with van der Waals surface area (Å²) in [6.45, 7) is 3.49. The fourth-order valence-electron chi connectivity index (χ4n) is 3.12. The molecule has 3 aromatic rings. The molecule has 0 aliphatic heterocycles. The van der Waals surface area contributed by atoms with Crippen molar-refractivity contribution in [1.29, 1.82) is 0 Å². The Kier molecular flexibility index (Phi) is 6.10. The van der Waals surface area contributed by atoms with Crippen LogP contribution in [0.5, 0.6) is 0 Å². The third-order valence-corrected chi connectivity index (χ3v) is 4.65. The van der Waals surface area contributed by atoms with Gasteiger partial charge in [0.05, 0.1) is 23.0 Å². The number of hydrogen-bond donors (Lipinski definition) is 0. The number of aromatic nitrogens is 3. The molecule has 1 amide bonds. The third kappa shape index (κ3) is 4.73. The first-order chi connectivity index (χ1) is 14.5. The van der Waals surface area contributed by atoms with Gasteiger partial charge in [0.2, 0.25) is 0 Å². The zero-order valence-electron chi connectivity index (χ0n) is 16.9. The van der Waals surface area contributed by atoms with Crippen molar-refractivity contribution in [2.45, 2.75) is 32.5 Å². The number of alkyl halides is 3. The summed E-state index contributed by atoms with van der Waals surface area (Å²) in [6.07, 6.45) is -2.52. The normalized spacial score (nSPS) is 11.8. The highest BCUT2D eigenvalue weighted by Crippen LogP contribution is 2.29. The number of carbonyl (C=O) groups is 1. The van der Waals surface area contributed by atoms with E-state index in [1.54, 1.807) is 13.8 Å². The fourth-order valence-corrected chi connectivity index (χ4v) is 3.12. The molecule has 1 aromatic carbocycles. The molecule has 0 aliphatic rings. The number of pyridine rings is 1. The molecule has 0 atom stereocenters. The van der Waals surface area contributed by atoms with E-state index in [4.69, 9.17) is 0 Å². The van der Waals surface area contributed by atoms with E-state index >= 15 is 0 Å². The quantitative estimate of drug-likeness (QED) is 0.529. The van der Waals surface area contributed by atoms with E-state index < -0.39 is 29.3 Å². The fraction of sp³-hybridized carbons (Fsp3) is 0.286. The summed E-state index contributed by atoms with van der Waals surface area (Å²) in [5, 5.41) is 4.14. The highest BCUT2D eigenvalue weighted by Gasteiger charge is 2.31. The maximum Gasteiger partial charge on any atom is 0.417 e. The van der Waals surface area contributed by atoms with Crippen molar-refractivity contribution in [2.24, 2.45) is 0 Å². The molecule has 2 aromatic heterocycles. The van der Waals surface area contributed by atoms with Crippen LogP contribution in [0.3, 0.4) is 0 Å². The minimum atomic E-state index is -4.52. The minimum absolute atomic E-state index is 0.105. The van der Waals surface area contributed by atoms with Gasteiger partial charge in [0.1, 0.15) is 11.6 Å². The summed E-state index contributed by atoms with van der Waals surface area (Å²) >= 11 is 0. The highest BCUT2D eigenvalue weighted by atomic mass is 19.4. The van der Waals surface area contributed by atoms with Gasteiger partial charge in [-0.05, 0) is 24.1 Å². The van der Waals surface area contributed by atoms with Crippen molar-refractivity contribution in [2.75, 3.05) is 7.05 Å². The van der Waals surface area contributed by atoms with Gasteiger partial charge in [0, 0.05) is 31.4 Å². The van der Waals surface area contributed by atoms with Gasteiger partial charge < -0.3 is 4.90 Å². The van der Waals surface area contributed by atoms with Crippen LogP contribution < -0.4 is 0 Å². The van der Waals surface area contributed by atoms with Crippen LogP contribution in [0.1, 0.15) is 46.9 Å². The summed E-state index contributed by atoms with van der Waals surface area (Å²) in [5.74, 6) is -2.05. The SMILES string of the molecule is CC(C)c1c(C(=O)N(C)Cc2ccc(F)cc2F)cnn1-c1ccc(C(F)(F)F)cn1. The lowest BCUT2D eigenvalue weighted by Crippen LogP contribution is -2.27. The summed E-state index contributed by atoms with van der Waals surface area (Å²) in [4.78, 5) is 18.1. The molecule has 0 spiro atoms. The van der Waals surface area contributed by atoms with Gasteiger partial charge >= 0.3 is 6.18 Å². The summed E-state index contributed by atoms with van der Waals surface area (Å²) in [7, 11) is 1.46. The molecule has 0 saturated carbocycles.